The minimum absolute atomic E-state index is 0.0625. The van der Waals surface area contributed by atoms with Crippen molar-refractivity contribution in [2.45, 2.75) is 19.8 Å². The molecule has 0 saturated heterocycles. The number of hydrogen-bond acceptors (Lipinski definition) is 4. The summed E-state index contributed by atoms with van der Waals surface area (Å²) in [5.41, 5.74) is 1.76. The number of carbonyl (C=O) groups is 1. The number of aryl methyl sites for hydroxylation is 1. The first-order valence-electron chi connectivity index (χ1n) is 6.80. The van der Waals surface area contributed by atoms with E-state index in [9.17, 15) is 4.79 Å². The molecule has 4 heteroatoms. The lowest BCUT2D eigenvalue weighted by Crippen LogP contribution is -2.02. The van der Waals surface area contributed by atoms with Crippen LogP contribution in [0.5, 0.6) is 11.5 Å². The molecule has 0 atom stereocenters. The molecule has 1 aliphatic heterocycles. The number of fused-ring (bicyclic) bond motifs is 1. The highest BCUT2D eigenvalue weighted by atomic mass is 32.1. The topological polar surface area (TPSA) is 35.5 Å². The third-order valence-corrected chi connectivity index (χ3v) is 4.30. The molecule has 0 saturated carbocycles. The lowest BCUT2D eigenvalue weighted by molar-refractivity contribution is 0.104. The molecule has 104 valence electrons. The molecule has 0 amide bonds. The van der Waals surface area contributed by atoms with E-state index >= 15 is 0 Å². The van der Waals surface area contributed by atoms with Gasteiger partial charge in [0.05, 0.1) is 18.1 Å². The van der Waals surface area contributed by atoms with E-state index in [1.165, 1.54) is 11.3 Å². The van der Waals surface area contributed by atoms with Crippen molar-refractivity contribution in [3.05, 3.63) is 45.6 Å². The van der Waals surface area contributed by atoms with E-state index in [2.05, 4.69) is 6.92 Å². The van der Waals surface area contributed by atoms with Gasteiger partial charge >= 0.3 is 0 Å². The van der Waals surface area contributed by atoms with Crippen molar-refractivity contribution in [2.75, 3.05) is 13.2 Å². The van der Waals surface area contributed by atoms with Crippen LogP contribution in [-0.2, 0) is 6.42 Å². The highest BCUT2D eigenvalue weighted by Gasteiger charge is 2.18. The van der Waals surface area contributed by atoms with Crippen LogP contribution in [0, 0.1) is 0 Å². The third kappa shape index (κ3) is 2.43. The molecular weight excluding hydrogens is 272 g/mol. The third-order valence-electron chi connectivity index (χ3n) is 3.34. The quantitative estimate of drug-likeness (QED) is 0.808. The molecule has 0 N–H and O–H groups in total. The summed E-state index contributed by atoms with van der Waals surface area (Å²) in [6, 6.07) is 7.45. The smallest absolute Gasteiger partial charge is 0.203 e. The summed E-state index contributed by atoms with van der Waals surface area (Å²) in [6.07, 6.45) is 1.73. The first-order chi connectivity index (χ1) is 9.79. The van der Waals surface area contributed by atoms with Gasteiger partial charge in [-0.15, -0.1) is 11.3 Å². The van der Waals surface area contributed by atoms with Crippen molar-refractivity contribution in [3.63, 3.8) is 0 Å². The lowest BCUT2D eigenvalue weighted by Gasteiger charge is -2.09. The van der Waals surface area contributed by atoms with Crippen LogP contribution in [0.2, 0.25) is 0 Å². The SMILES string of the molecule is CCc1ccsc1C(=O)c1ccc2c(c1)OCCCO2. The van der Waals surface area contributed by atoms with Crippen molar-refractivity contribution >= 4 is 17.1 Å². The van der Waals surface area contributed by atoms with Crippen LogP contribution in [-0.4, -0.2) is 19.0 Å². The highest BCUT2D eigenvalue weighted by molar-refractivity contribution is 7.12. The average Bonchev–Trinajstić information content (AvgIpc) is 2.83. The molecule has 0 aliphatic carbocycles. The molecule has 0 bridgehead atoms. The van der Waals surface area contributed by atoms with Crippen molar-refractivity contribution in [2.24, 2.45) is 0 Å². The number of hydrogen-bond donors (Lipinski definition) is 0. The Hall–Kier alpha value is -1.81. The van der Waals surface area contributed by atoms with Gasteiger partial charge in [0.1, 0.15) is 0 Å². The Morgan fingerprint density at radius 1 is 1.20 bits per heavy atom. The molecule has 2 heterocycles. The van der Waals surface area contributed by atoms with Crippen LogP contribution < -0.4 is 9.47 Å². The second-order valence-corrected chi connectivity index (χ2v) is 5.59. The van der Waals surface area contributed by atoms with Crippen LogP contribution in [0.1, 0.15) is 34.1 Å². The predicted octanol–water partition coefficient (Wildman–Crippen LogP) is 3.70. The second-order valence-electron chi connectivity index (χ2n) is 4.67. The summed E-state index contributed by atoms with van der Waals surface area (Å²) >= 11 is 1.50. The maximum Gasteiger partial charge on any atom is 0.203 e. The fourth-order valence-corrected chi connectivity index (χ4v) is 3.21. The van der Waals surface area contributed by atoms with Gasteiger partial charge in [0.2, 0.25) is 5.78 Å². The van der Waals surface area contributed by atoms with Crippen LogP contribution in [0.15, 0.2) is 29.6 Å². The van der Waals surface area contributed by atoms with Crippen LogP contribution >= 0.6 is 11.3 Å². The van der Waals surface area contributed by atoms with Gasteiger partial charge in [0.25, 0.3) is 0 Å². The molecule has 0 unspecified atom stereocenters. The Balaban J connectivity index is 1.94. The van der Waals surface area contributed by atoms with Gasteiger partial charge in [-0.3, -0.25) is 4.79 Å². The zero-order chi connectivity index (χ0) is 13.9. The van der Waals surface area contributed by atoms with Crippen molar-refractivity contribution in [1.82, 2.24) is 0 Å². The summed E-state index contributed by atoms with van der Waals surface area (Å²) in [5.74, 6) is 1.45. The number of rotatable bonds is 3. The second kappa shape index (κ2) is 5.67. The fourth-order valence-electron chi connectivity index (χ4n) is 2.25. The molecule has 3 rings (SSSR count). The summed E-state index contributed by atoms with van der Waals surface area (Å²) in [4.78, 5) is 13.4. The van der Waals surface area contributed by atoms with Crippen molar-refractivity contribution < 1.29 is 14.3 Å². The zero-order valence-corrected chi connectivity index (χ0v) is 12.2. The van der Waals surface area contributed by atoms with Crippen LogP contribution in [0.4, 0.5) is 0 Å². The van der Waals surface area contributed by atoms with Crippen LogP contribution in [0.25, 0.3) is 0 Å². The maximum absolute atomic E-state index is 12.6. The Bertz CT molecular complexity index is 630. The standard InChI is InChI=1S/C16H16O3S/c1-2-11-6-9-20-16(11)15(17)12-4-5-13-14(10-12)19-8-3-7-18-13/h4-6,9-10H,2-3,7-8H2,1H3. The summed E-state index contributed by atoms with van der Waals surface area (Å²) < 4.78 is 11.2. The molecule has 1 aromatic heterocycles. The van der Waals surface area contributed by atoms with E-state index in [0.717, 1.165) is 29.0 Å². The van der Waals surface area contributed by atoms with Gasteiger partial charge in [-0.1, -0.05) is 6.92 Å². The molecule has 0 spiro atoms. The Labute approximate surface area is 122 Å². The summed E-state index contributed by atoms with van der Waals surface area (Å²) in [6.45, 7) is 3.35. The number of carbonyl (C=O) groups excluding carboxylic acids is 1. The average molecular weight is 288 g/mol. The molecule has 20 heavy (non-hydrogen) atoms. The minimum atomic E-state index is 0.0625. The van der Waals surface area contributed by atoms with Gasteiger partial charge in [0.15, 0.2) is 11.5 Å². The molecule has 0 fully saturated rings. The predicted molar refractivity (Wildman–Crippen MR) is 79.2 cm³/mol. The van der Waals surface area contributed by atoms with E-state index in [1.807, 2.05) is 23.6 Å². The minimum Gasteiger partial charge on any atom is -0.490 e. The Morgan fingerprint density at radius 2 is 2.00 bits per heavy atom. The first kappa shape index (κ1) is 13.2. The summed E-state index contributed by atoms with van der Waals surface area (Å²) in [7, 11) is 0. The number of ether oxygens (including phenoxy) is 2. The van der Waals surface area contributed by atoms with E-state index in [0.29, 0.717) is 24.5 Å². The number of ketones is 1. The van der Waals surface area contributed by atoms with E-state index in [-0.39, 0.29) is 5.78 Å². The Kier molecular flexibility index (Phi) is 3.74. The molecule has 1 aromatic carbocycles. The molecule has 0 radical (unpaired) electrons. The van der Waals surface area contributed by atoms with Gasteiger partial charge in [-0.2, -0.15) is 0 Å². The van der Waals surface area contributed by atoms with Gasteiger partial charge < -0.3 is 9.47 Å². The van der Waals surface area contributed by atoms with Crippen molar-refractivity contribution in [1.29, 1.82) is 0 Å². The van der Waals surface area contributed by atoms with Gasteiger partial charge in [-0.05, 0) is 41.6 Å². The maximum atomic E-state index is 12.6. The largest absolute Gasteiger partial charge is 0.490 e. The van der Waals surface area contributed by atoms with Crippen LogP contribution in [0.3, 0.4) is 0 Å². The highest BCUT2D eigenvalue weighted by Crippen LogP contribution is 2.32. The Morgan fingerprint density at radius 3 is 2.80 bits per heavy atom. The zero-order valence-electron chi connectivity index (χ0n) is 11.3. The van der Waals surface area contributed by atoms with E-state index in [4.69, 9.17) is 9.47 Å². The van der Waals surface area contributed by atoms with Crippen molar-refractivity contribution in [3.8, 4) is 11.5 Å². The monoisotopic (exact) mass is 288 g/mol. The molecule has 1 aliphatic rings. The normalized spacial score (nSPS) is 13.8. The molecule has 2 aromatic rings. The fraction of sp³-hybridized carbons (Fsp3) is 0.312. The number of thiophene rings is 1. The molecule has 3 nitrogen and oxygen atoms in total. The number of benzene rings is 1. The van der Waals surface area contributed by atoms with Gasteiger partial charge in [0, 0.05) is 12.0 Å². The summed E-state index contributed by atoms with van der Waals surface area (Å²) in [5, 5.41) is 1.97. The first-order valence-corrected chi connectivity index (χ1v) is 7.68. The molecular formula is C16H16O3S. The van der Waals surface area contributed by atoms with E-state index < -0.39 is 0 Å². The van der Waals surface area contributed by atoms with Gasteiger partial charge in [-0.25, -0.2) is 0 Å². The van der Waals surface area contributed by atoms with E-state index in [1.54, 1.807) is 6.07 Å². The lowest BCUT2D eigenvalue weighted by atomic mass is 10.1.